The topological polar surface area (TPSA) is 35.5 Å². The Labute approximate surface area is 113 Å². The van der Waals surface area contributed by atoms with Crippen LogP contribution in [-0.4, -0.2) is 48.8 Å². The zero-order valence-electron chi connectivity index (χ0n) is 12.5. The van der Waals surface area contributed by atoms with Crippen molar-refractivity contribution in [3.8, 4) is 0 Å². The molecule has 1 fully saturated rings. The molecule has 1 rings (SSSR count). The lowest BCUT2D eigenvalue weighted by Crippen LogP contribution is -2.44. The molecule has 0 spiro atoms. The van der Waals surface area contributed by atoms with Crippen LogP contribution in [0.5, 0.6) is 0 Å². The number of rotatable bonds is 11. The van der Waals surface area contributed by atoms with Crippen molar-refractivity contribution in [3.05, 3.63) is 0 Å². The van der Waals surface area contributed by atoms with Crippen molar-refractivity contribution in [2.75, 3.05) is 32.8 Å². The lowest BCUT2D eigenvalue weighted by molar-refractivity contribution is 0.119. The normalized spacial score (nSPS) is 19.2. The summed E-state index contributed by atoms with van der Waals surface area (Å²) >= 11 is 0. The van der Waals surface area contributed by atoms with Gasteiger partial charge < -0.3 is 10.4 Å². The van der Waals surface area contributed by atoms with E-state index in [9.17, 15) is 5.11 Å². The zero-order chi connectivity index (χ0) is 13.4. The molecule has 1 aliphatic carbocycles. The van der Waals surface area contributed by atoms with E-state index in [1.165, 1.54) is 32.1 Å². The summed E-state index contributed by atoms with van der Waals surface area (Å²) in [6.07, 6.45) is 6.35. The van der Waals surface area contributed by atoms with E-state index in [0.717, 1.165) is 32.2 Å². The number of aliphatic hydroxyl groups excluding tert-OH is 1. The van der Waals surface area contributed by atoms with E-state index in [1.807, 2.05) is 0 Å². The molecule has 1 aliphatic rings. The van der Waals surface area contributed by atoms with Crippen LogP contribution < -0.4 is 5.32 Å². The summed E-state index contributed by atoms with van der Waals surface area (Å²) in [7, 11) is 0. The number of hydrogen-bond donors (Lipinski definition) is 2. The third-order valence-corrected chi connectivity index (χ3v) is 3.87. The third kappa shape index (κ3) is 5.68. The monoisotopic (exact) mass is 256 g/mol. The molecule has 3 heteroatoms. The van der Waals surface area contributed by atoms with Crippen LogP contribution in [0.1, 0.15) is 52.9 Å². The van der Waals surface area contributed by atoms with Gasteiger partial charge in [0, 0.05) is 25.7 Å². The molecule has 0 aromatic heterocycles. The number of aliphatic hydroxyl groups is 1. The van der Waals surface area contributed by atoms with Crippen LogP contribution in [0, 0.1) is 5.41 Å². The van der Waals surface area contributed by atoms with Crippen LogP contribution in [-0.2, 0) is 0 Å². The molecule has 0 aliphatic heterocycles. The molecule has 0 aromatic carbocycles. The van der Waals surface area contributed by atoms with Crippen LogP contribution in [0.4, 0.5) is 0 Å². The van der Waals surface area contributed by atoms with Gasteiger partial charge in [-0.15, -0.1) is 0 Å². The lowest BCUT2D eigenvalue weighted by Gasteiger charge is -2.36. The van der Waals surface area contributed by atoms with Crippen molar-refractivity contribution >= 4 is 0 Å². The van der Waals surface area contributed by atoms with Crippen molar-refractivity contribution in [2.45, 2.75) is 58.9 Å². The summed E-state index contributed by atoms with van der Waals surface area (Å²) in [6, 6.07) is 0.750. The van der Waals surface area contributed by atoms with Crippen molar-refractivity contribution in [3.63, 3.8) is 0 Å². The van der Waals surface area contributed by atoms with Gasteiger partial charge in [-0.3, -0.25) is 4.90 Å². The fourth-order valence-corrected chi connectivity index (χ4v) is 2.84. The van der Waals surface area contributed by atoms with E-state index in [0.29, 0.717) is 12.0 Å². The third-order valence-electron chi connectivity index (χ3n) is 3.87. The van der Waals surface area contributed by atoms with Gasteiger partial charge in [0.15, 0.2) is 0 Å². The van der Waals surface area contributed by atoms with Gasteiger partial charge in [-0.1, -0.05) is 27.2 Å². The molecule has 1 unspecified atom stereocenters. The Hall–Kier alpha value is -0.120. The smallest absolute Gasteiger partial charge is 0.0558 e. The van der Waals surface area contributed by atoms with Crippen LogP contribution in [0.3, 0.4) is 0 Å². The molecular weight excluding hydrogens is 224 g/mol. The fourth-order valence-electron chi connectivity index (χ4n) is 2.84. The molecule has 0 saturated heterocycles. The summed E-state index contributed by atoms with van der Waals surface area (Å²) in [5, 5.41) is 12.8. The molecule has 108 valence electrons. The van der Waals surface area contributed by atoms with Crippen molar-refractivity contribution in [2.24, 2.45) is 5.41 Å². The fraction of sp³-hybridized carbons (Fsp3) is 1.00. The Morgan fingerprint density at radius 1 is 1.28 bits per heavy atom. The van der Waals surface area contributed by atoms with Gasteiger partial charge in [-0.25, -0.2) is 0 Å². The first-order valence-electron chi connectivity index (χ1n) is 7.71. The van der Waals surface area contributed by atoms with Gasteiger partial charge >= 0.3 is 0 Å². The Morgan fingerprint density at radius 2 is 2.00 bits per heavy atom. The first-order valence-corrected chi connectivity index (χ1v) is 7.71. The first kappa shape index (κ1) is 15.9. The summed E-state index contributed by atoms with van der Waals surface area (Å²) in [6.45, 7) is 11.4. The molecule has 0 aromatic rings. The van der Waals surface area contributed by atoms with Crippen LogP contribution >= 0.6 is 0 Å². The van der Waals surface area contributed by atoms with Crippen LogP contribution in [0.25, 0.3) is 0 Å². The van der Waals surface area contributed by atoms with E-state index in [-0.39, 0.29) is 0 Å². The second kappa shape index (κ2) is 8.13. The molecule has 1 atom stereocenters. The van der Waals surface area contributed by atoms with Crippen LogP contribution in [0.15, 0.2) is 0 Å². The lowest BCUT2D eigenvalue weighted by atomic mass is 9.84. The van der Waals surface area contributed by atoms with Gasteiger partial charge in [0.05, 0.1) is 6.61 Å². The summed E-state index contributed by atoms with van der Waals surface area (Å²) in [5.41, 5.74) is 0.349. The second-order valence-corrected chi connectivity index (χ2v) is 6.16. The van der Waals surface area contributed by atoms with Crippen molar-refractivity contribution in [1.29, 1.82) is 0 Å². The molecule has 0 bridgehead atoms. The number of nitrogens with zero attached hydrogens (tertiary/aromatic N) is 1. The molecule has 2 N–H and O–H groups in total. The minimum Gasteiger partial charge on any atom is -0.395 e. The number of nitrogens with one attached hydrogen (secondary N) is 1. The van der Waals surface area contributed by atoms with E-state index < -0.39 is 0 Å². The Bertz CT molecular complexity index is 219. The summed E-state index contributed by atoms with van der Waals surface area (Å²) in [4.78, 5) is 2.50. The highest BCUT2D eigenvalue weighted by molar-refractivity contribution is 4.89. The maximum Gasteiger partial charge on any atom is 0.0558 e. The highest BCUT2D eigenvalue weighted by Gasteiger charge is 2.34. The predicted octanol–water partition coefficient (Wildman–Crippen LogP) is 2.25. The quantitative estimate of drug-likeness (QED) is 0.557. The predicted molar refractivity (Wildman–Crippen MR) is 77.9 cm³/mol. The maximum absolute atomic E-state index is 9.20. The highest BCUT2D eigenvalue weighted by Crippen LogP contribution is 2.32. The van der Waals surface area contributed by atoms with E-state index in [4.69, 9.17) is 0 Å². The molecule has 3 nitrogen and oxygen atoms in total. The summed E-state index contributed by atoms with van der Waals surface area (Å²) in [5.74, 6) is 0. The molecule has 0 radical (unpaired) electrons. The molecule has 18 heavy (non-hydrogen) atoms. The Morgan fingerprint density at radius 3 is 2.50 bits per heavy atom. The second-order valence-electron chi connectivity index (χ2n) is 6.16. The molecule has 0 heterocycles. The number of hydrogen-bond acceptors (Lipinski definition) is 3. The SMILES string of the molecule is CCCNCC(C)(CCC)CN(CCO)C1CC1. The largest absolute Gasteiger partial charge is 0.395 e. The van der Waals surface area contributed by atoms with E-state index >= 15 is 0 Å². The van der Waals surface area contributed by atoms with Gasteiger partial charge in [0.25, 0.3) is 0 Å². The summed E-state index contributed by atoms with van der Waals surface area (Å²) < 4.78 is 0. The maximum atomic E-state index is 9.20. The van der Waals surface area contributed by atoms with Crippen molar-refractivity contribution < 1.29 is 5.11 Å². The Kier molecular flexibility index (Phi) is 7.20. The Balaban J connectivity index is 2.46. The standard InChI is InChI=1S/C15H32N2O/c1-4-8-15(3,12-16-9-5-2)13-17(10-11-18)14-6-7-14/h14,16,18H,4-13H2,1-3H3. The van der Waals surface area contributed by atoms with E-state index in [1.54, 1.807) is 0 Å². The molecule has 0 amide bonds. The minimum atomic E-state index is 0.293. The van der Waals surface area contributed by atoms with Gasteiger partial charge in [0.2, 0.25) is 0 Å². The minimum absolute atomic E-state index is 0.293. The zero-order valence-corrected chi connectivity index (χ0v) is 12.5. The average molecular weight is 256 g/mol. The molecular formula is C15H32N2O. The highest BCUT2D eigenvalue weighted by atomic mass is 16.3. The van der Waals surface area contributed by atoms with Gasteiger partial charge in [0.1, 0.15) is 0 Å². The van der Waals surface area contributed by atoms with Crippen molar-refractivity contribution in [1.82, 2.24) is 10.2 Å². The van der Waals surface area contributed by atoms with Gasteiger partial charge in [-0.2, -0.15) is 0 Å². The first-order chi connectivity index (χ1) is 8.65. The van der Waals surface area contributed by atoms with Gasteiger partial charge in [-0.05, 0) is 37.6 Å². The molecule has 1 saturated carbocycles. The average Bonchev–Trinajstić information content (AvgIpc) is 3.13. The van der Waals surface area contributed by atoms with Crippen LogP contribution in [0.2, 0.25) is 0 Å². The van der Waals surface area contributed by atoms with E-state index in [2.05, 4.69) is 31.0 Å².